The lowest BCUT2D eigenvalue weighted by molar-refractivity contribution is -0.151. The van der Waals surface area contributed by atoms with Crippen molar-refractivity contribution < 1.29 is 38.2 Å². The van der Waals surface area contributed by atoms with Gasteiger partial charge in [0.25, 0.3) is 0 Å². The highest BCUT2D eigenvalue weighted by Gasteiger charge is 2.36. The van der Waals surface area contributed by atoms with E-state index in [1.165, 1.54) is 4.90 Å². The molecule has 0 unspecified atom stereocenters. The zero-order chi connectivity index (χ0) is 31.9. The molecule has 3 aromatic rings. The van der Waals surface area contributed by atoms with Crippen LogP contribution >= 0.6 is 0 Å². The van der Waals surface area contributed by atoms with Crippen LogP contribution < -0.4 is 10.6 Å². The van der Waals surface area contributed by atoms with Gasteiger partial charge in [-0.1, -0.05) is 91.0 Å². The molecule has 1 saturated heterocycles. The van der Waals surface area contributed by atoms with Gasteiger partial charge in [0.2, 0.25) is 11.8 Å². The fraction of sp³-hybridized carbons (Fsp3) is 0.324. The number of carbonyl (C=O) groups is 5. The van der Waals surface area contributed by atoms with Crippen LogP contribution in [0, 0.1) is 0 Å². The molecule has 1 fully saturated rings. The van der Waals surface area contributed by atoms with E-state index in [2.05, 4.69) is 10.6 Å². The SMILES string of the molecule is O=C(NCC(=O)N1CCC[C@H]1C(=O)[15NH][13C@@H]([13CH2][13CH2][13C](=O)OCc1ccccc1)[13C](=O)OCc1ccccc1)OCc1ccccc1. The van der Waals surface area contributed by atoms with Gasteiger partial charge in [-0.05, 0) is 36.0 Å². The number of esters is 2. The highest BCUT2D eigenvalue weighted by atomic mass is 16.6. The molecular weight excluding hydrogens is 584 g/mol. The molecule has 1 aliphatic heterocycles. The number of likely N-dealkylation sites (tertiary alicyclic amines) is 1. The Bertz CT molecular complexity index is 1420. The maximum Gasteiger partial charge on any atom is 0.407 e. The number of amides is 3. The molecule has 3 aromatic carbocycles. The molecular formula is C34H37N3O8. The van der Waals surface area contributed by atoms with E-state index in [1.807, 2.05) is 78.9 Å². The van der Waals surface area contributed by atoms with Gasteiger partial charge in [-0.25, -0.2) is 9.59 Å². The van der Waals surface area contributed by atoms with Gasteiger partial charge in [0.15, 0.2) is 0 Å². The molecule has 0 aromatic heterocycles. The predicted molar refractivity (Wildman–Crippen MR) is 163 cm³/mol. The predicted octanol–water partition coefficient (Wildman–Crippen LogP) is 3.66. The minimum Gasteiger partial charge on any atom is -0.461 e. The maximum atomic E-state index is 13.4. The summed E-state index contributed by atoms with van der Waals surface area (Å²) in [7, 11) is 0. The number of ether oxygens (including phenoxy) is 3. The van der Waals surface area contributed by atoms with E-state index in [1.54, 1.807) is 12.1 Å². The first kappa shape index (κ1) is 32.7. The van der Waals surface area contributed by atoms with Crippen molar-refractivity contribution in [3.63, 3.8) is 0 Å². The maximum absolute atomic E-state index is 13.4. The second-order valence-corrected chi connectivity index (χ2v) is 10.5. The van der Waals surface area contributed by atoms with Crippen LogP contribution in [-0.4, -0.2) is 59.9 Å². The van der Waals surface area contributed by atoms with Crippen molar-refractivity contribution in [2.75, 3.05) is 13.1 Å². The average Bonchev–Trinajstić information content (AvgIpc) is 3.58. The van der Waals surface area contributed by atoms with Gasteiger partial charge in [0.05, 0.1) is 0 Å². The molecule has 0 radical (unpaired) electrons. The molecule has 3 amide bonds. The van der Waals surface area contributed by atoms with E-state index in [4.69, 9.17) is 14.2 Å². The first-order valence-corrected chi connectivity index (χ1v) is 14.8. The molecule has 1 aliphatic rings. The minimum absolute atomic E-state index is 0.00935. The molecule has 4 rings (SSSR count). The van der Waals surface area contributed by atoms with Crippen molar-refractivity contribution >= 4 is 29.8 Å². The fourth-order valence-corrected chi connectivity index (χ4v) is 4.78. The summed E-state index contributed by atoms with van der Waals surface area (Å²) >= 11 is 0. The number of rotatable bonds is 14. The average molecular weight is 622 g/mol. The highest BCUT2D eigenvalue weighted by Crippen LogP contribution is 2.18. The number of carbonyl (C=O) groups excluding carboxylic acids is 5. The first-order chi connectivity index (χ1) is 21.9. The molecule has 236 valence electrons. The van der Waals surface area contributed by atoms with Crippen molar-refractivity contribution in [1.29, 1.82) is 0 Å². The molecule has 2 atom stereocenters. The summed E-state index contributed by atoms with van der Waals surface area (Å²) in [6.45, 7) is 0.0870. The number of nitrogens with zero attached hydrogens (tertiary/aromatic N) is 1. The zero-order valence-corrected chi connectivity index (χ0v) is 24.9. The van der Waals surface area contributed by atoms with Crippen LogP contribution in [0.3, 0.4) is 0 Å². The first-order valence-electron chi connectivity index (χ1n) is 14.8. The molecule has 11 nitrogen and oxygen atoms in total. The largest absolute Gasteiger partial charge is 0.461 e. The molecule has 11 heteroatoms. The Morgan fingerprint density at radius 1 is 0.733 bits per heavy atom. The highest BCUT2D eigenvalue weighted by molar-refractivity contribution is 5.92. The van der Waals surface area contributed by atoms with Crippen molar-refractivity contribution in [2.45, 2.75) is 57.6 Å². The van der Waals surface area contributed by atoms with Gasteiger partial charge in [-0.3, -0.25) is 14.4 Å². The van der Waals surface area contributed by atoms with Crippen LogP contribution in [0.15, 0.2) is 91.0 Å². The van der Waals surface area contributed by atoms with E-state index in [0.717, 1.165) is 16.7 Å². The minimum atomic E-state index is -1.14. The molecule has 0 aliphatic carbocycles. The van der Waals surface area contributed by atoms with Crippen LogP contribution in [0.5, 0.6) is 0 Å². The van der Waals surface area contributed by atoms with Crippen molar-refractivity contribution in [3.8, 4) is 0 Å². The topological polar surface area (TPSA) is 140 Å². The summed E-state index contributed by atoms with van der Waals surface area (Å²) in [5.41, 5.74) is 2.39. The number of alkyl carbamates (subject to hydrolysis) is 1. The fourth-order valence-electron chi connectivity index (χ4n) is 4.78. The van der Waals surface area contributed by atoms with Crippen molar-refractivity contribution in [1.82, 2.24) is 15.5 Å². The van der Waals surface area contributed by atoms with Gasteiger partial charge >= 0.3 is 18.0 Å². The van der Waals surface area contributed by atoms with Crippen LogP contribution in [0.4, 0.5) is 4.79 Å². The third kappa shape index (κ3) is 10.8. The Balaban J connectivity index is 1.30. The van der Waals surface area contributed by atoms with E-state index in [9.17, 15) is 24.0 Å². The van der Waals surface area contributed by atoms with E-state index < -0.39 is 41.9 Å². The third-order valence-corrected chi connectivity index (χ3v) is 7.18. The molecule has 1 heterocycles. The molecule has 2 N–H and O–H groups in total. The Morgan fingerprint density at radius 3 is 1.84 bits per heavy atom. The Kier molecular flexibility index (Phi) is 12.5. The van der Waals surface area contributed by atoms with E-state index in [0.29, 0.717) is 19.4 Å². The summed E-state index contributed by atoms with van der Waals surface area (Å²) < 4.78 is 15.9. The van der Waals surface area contributed by atoms with Crippen LogP contribution in [0.25, 0.3) is 0 Å². The van der Waals surface area contributed by atoms with Crippen LogP contribution in [0.2, 0.25) is 0 Å². The number of nitrogens with one attached hydrogen (secondary N) is 2. The van der Waals surface area contributed by atoms with Gasteiger partial charge < -0.3 is 29.7 Å². The second kappa shape index (κ2) is 17.2. The standard InChI is InChI=1S/C34H37N3O8/c38-30(21-35-34(42)45-24-27-15-8-3-9-16-27)37-20-10-17-29(37)32(40)36-28(33(41)44-23-26-13-6-2-7-14-26)18-19-31(39)43-22-25-11-4-1-5-12-25/h1-9,11-16,28-29H,10,17-24H2,(H,35,42)(H,36,40)/t28-,29-/m0/s1/i18+1,19+1,28+1,31+1,33+1,36+1. The van der Waals surface area contributed by atoms with E-state index in [-0.39, 0.29) is 39.2 Å². The summed E-state index contributed by atoms with van der Waals surface area (Å²) in [5.74, 6) is -2.25. The molecule has 0 spiro atoms. The van der Waals surface area contributed by atoms with Gasteiger partial charge in [-0.2, -0.15) is 0 Å². The summed E-state index contributed by atoms with van der Waals surface area (Å²) in [6.07, 6.45) is -0.00555. The molecule has 0 bridgehead atoms. The zero-order valence-electron chi connectivity index (χ0n) is 24.9. The smallest absolute Gasteiger partial charge is 0.407 e. The van der Waals surface area contributed by atoms with Crippen molar-refractivity contribution in [2.24, 2.45) is 0 Å². The molecule has 0 saturated carbocycles. The number of hydrogen-bond donors (Lipinski definition) is 2. The molecule has 45 heavy (non-hydrogen) atoms. The van der Waals surface area contributed by atoms with Gasteiger partial charge in [0.1, 0.15) is 38.4 Å². The Morgan fingerprint density at radius 2 is 1.27 bits per heavy atom. The monoisotopic (exact) mass is 621 g/mol. The quantitative estimate of drug-likeness (QED) is 0.120. The van der Waals surface area contributed by atoms with Gasteiger partial charge in [0, 0.05) is 13.0 Å². The Hall–Kier alpha value is -5.19. The lowest BCUT2D eigenvalue weighted by Crippen LogP contribution is -2.52. The van der Waals surface area contributed by atoms with Crippen molar-refractivity contribution in [3.05, 3.63) is 108 Å². The third-order valence-electron chi connectivity index (χ3n) is 7.18. The van der Waals surface area contributed by atoms with Crippen LogP contribution in [0.1, 0.15) is 42.4 Å². The van der Waals surface area contributed by atoms with Gasteiger partial charge in [-0.15, -0.1) is 0 Å². The normalized spacial score (nSPS) is 14.6. The van der Waals surface area contributed by atoms with E-state index >= 15 is 0 Å². The summed E-state index contributed by atoms with van der Waals surface area (Å²) in [6, 6.07) is 25.4. The summed E-state index contributed by atoms with van der Waals surface area (Å²) in [5, 5.41) is 5.11. The second-order valence-electron chi connectivity index (χ2n) is 10.5. The van der Waals surface area contributed by atoms with Crippen LogP contribution in [-0.2, 0) is 53.2 Å². The number of benzene rings is 3. The lowest BCUT2D eigenvalue weighted by atomic mass is 10.2. The lowest BCUT2D eigenvalue weighted by Gasteiger charge is -2.26. The number of hydrogen-bond acceptors (Lipinski definition) is 8. The Labute approximate surface area is 261 Å². The summed E-state index contributed by atoms with van der Waals surface area (Å²) in [4.78, 5) is 65.4.